The zero-order valence-electron chi connectivity index (χ0n) is 19.1. The first-order valence-corrected chi connectivity index (χ1v) is 11.5. The standard InChI is InChI=1S/C28H27N5O/c1-19(16-17-20-10-4-2-5-11-20)30-28(34)24-25-27(32-23-15-9-8-14-22(23)31-25)33(26(24)29)18-21-12-6-3-7-13-21/h2-15,19H,16-18,29H2,1H3,(H,30,34)/t19-/m1/s1. The summed E-state index contributed by atoms with van der Waals surface area (Å²) in [5.74, 6) is 0.154. The van der Waals surface area contributed by atoms with Crippen LogP contribution in [-0.2, 0) is 13.0 Å². The fraction of sp³-hybridized carbons (Fsp3) is 0.179. The van der Waals surface area contributed by atoms with E-state index in [0.29, 0.717) is 29.1 Å². The van der Waals surface area contributed by atoms with Crippen molar-refractivity contribution in [2.24, 2.45) is 0 Å². The van der Waals surface area contributed by atoms with Crippen LogP contribution in [0.3, 0.4) is 0 Å². The number of carbonyl (C=O) groups excluding carboxylic acids is 1. The Hall–Kier alpha value is -4.19. The topological polar surface area (TPSA) is 85.8 Å². The number of nitrogen functional groups attached to an aromatic ring is 1. The van der Waals surface area contributed by atoms with Crippen LogP contribution in [0.15, 0.2) is 84.9 Å². The Bertz CT molecular complexity index is 1440. The molecule has 0 spiro atoms. The molecule has 1 amide bonds. The van der Waals surface area contributed by atoms with Gasteiger partial charge in [0.25, 0.3) is 5.91 Å². The normalized spacial score (nSPS) is 12.1. The van der Waals surface area contributed by atoms with Crippen molar-refractivity contribution in [3.63, 3.8) is 0 Å². The zero-order valence-corrected chi connectivity index (χ0v) is 19.1. The fourth-order valence-electron chi connectivity index (χ4n) is 4.26. The number of amides is 1. The van der Waals surface area contributed by atoms with Crippen LogP contribution in [0.5, 0.6) is 0 Å². The molecule has 6 nitrogen and oxygen atoms in total. The fourth-order valence-corrected chi connectivity index (χ4v) is 4.26. The quantitative estimate of drug-likeness (QED) is 0.367. The summed E-state index contributed by atoms with van der Waals surface area (Å²) in [6.45, 7) is 2.52. The number of rotatable bonds is 7. The lowest BCUT2D eigenvalue weighted by Crippen LogP contribution is -2.33. The lowest BCUT2D eigenvalue weighted by molar-refractivity contribution is 0.0940. The maximum atomic E-state index is 13.4. The van der Waals surface area contributed by atoms with Crippen molar-refractivity contribution in [1.82, 2.24) is 19.9 Å². The van der Waals surface area contributed by atoms with Gasteiger partial charge in [-0.25, -0.2) is 9.97 Å². The molecule has 3 aromatic carbocycles. The molecule has 0 aliphatic carbocycles. The second-order valence-electron chi connectivity index (χ2n) is 8.62. The molecule has 0 unspecified atom stereocenters. The Labute approximate surface area is 198 Å². The van der Waals surface area contributed by atoms with Gasteiger partial charge in [0.05, 0.1) is 17.6 Å². The number of nitrogens with two attached hydrogens (primary N) is 1. The largest absolute Gasteiger partial charge is 0.384 e. The maximum absolute atomic E-state index is 13.4. The highest BCUT2D eigenvalue weighted by atomic mass is 16.1. The summed E-state index contributed by atoms with van der Waals surface area (Å²) in [6, 6.07) is 27.9. The van der Waals surface area contributed by atoms with Crippen LogP contribution >= 0.6 is 0 Å². The number of nitrogens with zero attached hydrogens (tertiary/aromatic N) is 3. The highest BCUT2D eigenvalue weighted by Gasteiger charge is 2.25. The summed E-state index contributed by atoms with van der Waals surface area (Å²) in [5.41, 5.74) is 11.9. The minimum Gasteiger partial charge on any atom is -0.384 e. The second kappa shape index (κ2) is 9.35. The molecule has 0 aliphatic heterocycles. The van der Waals surface area contributed by atoms with Crippen LogP contribution in [0.25, 0.3) is 22.2 Å². The second-order valence-corrected chi connectivity index (χ2v) is 8.62. The zero-order chi connectivity index (χ0) is 23.5. The number of carbonyl (C=O) groups is 1. The Morgan fingerprint density at radius 3 is 2.15 bits per heavy atom. The van der Waals surface area contributed by atoms with E-state index >= 15 is 0 Å². The van der Waals surface area contributed by atoms with Crippen molar-refractivity contribution in [2.75, 3.05) is 5.73 Å². The van der Waals surface area contributed by atoms with E-state index in [9.17, 15) is 4.79 Å². The predicted octanol–water partition coefficient (Wildman–Crippen LogP) is 4.97. The Morgan fingerprint density at radius 1 is 0.882 bits per heavy atom. The van der Waals surface area contributed by atoms with E-state index in [1.54, 1.807) is 0 Å². The van der Waals surface area contributed by atoms with Gasteiger partial charge in [-0.05, 0) is 43.0 Å². The van der Waals surface area contributed by atoms with Crippen LogP contribution in [0.4, 0.5) is 5.82 Å². The average Bonchev–Trinajstić information content (AvgIpc) is 3.13. The van der Waals surface area contributed by atoms with Gasteiger partial charge in [0.1, 0.15) is 16.9 Å². The minimum atomic E-state index is -0.223. The number of para-hydroxylation sites is 2. The van der Waals surface area contributed by atoms with Gasteiger partial charge in [-0.3, -0.25) is 4.79 Å². The van der Waals surface area contributed by atoms with Gasteiger partial charge < -0.3 is 15.6 Å². The van der Waals surface area contributed by atoms with Gasteiger partial charge in [-0.2, -0.15) is 0 Å². The molecule has 0 fully saturated rings. The number of aromatic nitrogens is 3. The summed E-state index contributed by atoms with van der Waals surface area (Å²) >= 11 is 0. The summed E-state index contributed by atoms with van der Waals surface area (Å²) < 4.78 is 1.88. The Kier molecular flexibility index (Phi) is 5.95. The number of aryl methyl sites for hydroxylation is 1. The monoisotopic (exact) mass is 449 g/mol. The molecule has 0 bridgehead atoms. The van der Waals surface area contributed by atoms with Gasteiger partial charge in [0.15, 0.2) is 5.65 Å². The van der Waals surface area contributed by atoms with E-state index < -0.39 is 0 Å². The van der Waals surface area contributed by atoms with Crippen LogP contribution in [0.2, 0.25) is 0 Å². The van der Waals surface area contributed by atoms with Crippen LogP contribution in [-0.4, -0.2) is 26.5 Å². The molecule has 6 heteroatoms. The number of anilines is 1. The molecule has 0 radical (unpaired) electrons. The van der Waals surface area contributed by atoms with Crippen molar-refractivity contribution >= 4 is 33.9 Å². The molecule has 170 valence electrons. The highest BCUT2D eigenvalue weighted by molar-refractivity contribution is 6.10. The molecule has 0 saturated carbocycles. The van der Waals surface area contributed by atoms with Crippen LogP contribution < -0.4 is 11.1 Å². The Balaban J connectivity index is 1.49. The van der Waals surface area contributed by atoms with E-state index in [2.05, 4.69) is 17.4 Å². The van der Waals surface area contributed by atoms with Gasteiger partial charge in [-0.1, -0.05) is 72.8 Å². The third-order valence-electron chi connectivity index (χ3n) is 6.09. The maximum Gasteiger partial charge on any atom is 0.257 e. The van der Waals surface area contributed by atoms with Crippen molar-refractivity contribution in [2.45, 2.75) is 32.4 Å². The minimum absolute atomic E-state index is 0.0203. The lowest BCUT2D eigenvalue weighted by atomic mass is 10.1. The van der Waals surface area contributed by atoms with Gasteiger partial charge in [0.2, 0.25) is 0 Å². The number of benzene rings is 3. The molecular formula is C28H27N5O. The first-order chi connectivity index (χ1) is 16.6. The number of nitrogens with one attached hydrogen (secondary N) is 1. The Morgan fingerprint density at radius 2 is 1.47 bits per heavy atom. The highest BCUT2D eigenvalue weighted by Crippen LogP contribution is 2.29. The summed E-state index contributed by atoms with van der Waals surface area (Å²) in [6.07, 6.45) is 1.71. The molecule has 34 heavy (non-hydrogen) atoms. The van der Waals surface area contributed by atoms with E-state index in [1.165, 1.54) is 5.56 Å². The van der Waals surface area contributed by atoms with Crippen molar-refractivity contribution < 1.29 is 4.79 Å². The van der Waals surface area contributed by atoms with E-state index in [1.807, 2.05) is 84.3 Å². The predicted molar refractivity (Wildman–Crippen MR) is 137 cm³/mol. The number of fused-ring (bicyclic) bond motifs is 2. The van der Waals surface area contributed by atoms with E-state index in [4.69, 9.17) is 15.7 Å². The number of hydrogen-bond donors (Lipinski definition) is 2. The summed E-state index contributed by atoms with van der Waals surface area (Å²) in [5, 5.41) is 3.12. The SMILES string of the molecule is C[C@H](CCc1ccccc1)NC(=O)c1c(N)n(Cc2ccccc2)c2nc3ccccc3nc12. The molecular weight excluding hydrogens is 422 g/mol. The molecule has 2 aromatic heterocycles. The van der Waals surface area contributed by atoms with E-state index in [0.717, 1.165) is 29.4 Å². The summed E-state index contributed by atoms with van der Waals surface area (Å²) in [4.78, 5) is 23.1. The molecule has 3 N–H and O–H groups in total. The van der Waals surface area contributed by atoms with E-state index in [-0.39, 0.29) is 11.9 Å². The molecule has 0 saturated heterocycles. The molecule has 1 atom stereocenters. The molecule has 0 aliphatic rings. The number of hydrogen-bond acceptors (Lipinski definition) is 4. The van der Waals surface area contributed by atoms with Crippen molar-refractivity contribution in [1.29, 1.82) is 0 Å². The van der Waals surface area contributed by atoms with Gasteiger partial charge >= 0.3 is 0 Å². The van der Waals surface area contributed by atoms with Gasteiger partial charge in [-0.15, -0.1) is 0 Å². The van der Waals surface area contributed by atoms with Crippen LogP contribution in [0, 0.1) is 0 Å². The smallest absolute Gasteiger partial charge is 0.257 e. The average molecular weight is 450 g/mol. The third-order valence-corrected chi connectivity index (χ3v) is 6.09. The van der Waals surface area contributed by atoms with Crippen molar-refractivity contribution in [3.05, 3.63) is 102 Å². The summed E-state index contributed by atoms with van der Waals surface area (Å²) in [7, 11) is 0. The van der Waals surface area contributed by atoms with Crippen molar-refractivity contribution in [3.8, 4) is 0 Å². The molecule has 5 rings (SSSR count). The van der Waals surface area contributed by atoms with Gasteiger partial charge in [0, 0.05) is 6.04 Å². The molecule has 2 heterocycles. The first kappa shape index (κ1) is 21.6. The first-order valence-electron chi connectivity index (χ1n) is 11.5. The lowest BCUT2D eigenvalue weighted by Gasteiger charge is -2.14. The third kappa shape index (κ3) is 4.35. The molecule has 5 aromatic rings. The van der Waals surface area contributed by atoms with Crippen LogP contribution in [0.1, 0.15) is 34.8 Å².